The van der Waals surface area contributed by atoms with E-state index in [0.29, 0.717) is 5.92 Å². The molecule has 0 radical (unpaired) electrons. The molecular formula is C51H44N2S. The predicted molar refractivity (Wildman–Crippen MR) is 233 cm³/mol. The van der Waals surface area contributed by atoms with Crippen LogP contribution in [-0.2, 0) is 5.41 Å². The summed E-state index contributed by atoms with van der Waals surface area (Å²) in [5.41, 5.74) is 11.2. The highest BCUT2D eigenvalue weighted by Gasteiger charge is 2.34. The Balaban J connectivity index is 1.14. The molecule has 0 saturated heterocycles. The number of hydrogen-bond donors (Lipinski definition) is 0. The van der Waals surface area contributed by atoms with Crippen LogP contribution in [0.3, 0.4) is 0 Å². The van der Waals surface area contributed by atoms with E-state index in [-0.39, 0.29) is 5.41 Å². The van der Waals surface area contributed by atoms with Crippen LogP contribution in [-0.4, -0.2) is 4.57 Å². The van der Waals surface area contributed by atoms with Crippen molar-refractivity contribution in [3.8, 4) is 16.8 Å². The zero-order valence-corrected chi connectivity index (χ0v) is 31.8. The van der Waals surface area contributed by atoms with Gasteiger partial charge in [0.05, 0.1) is 11.0 Å². The van der Waals surface area contributed by atoms with Gasteiger partial charge in [0.25, 0.3) is 0 Å². The number of benzene rings is 7. The van der Waals surface area contributed by atoms with Crippen molar-refractivity contribution in [1.82, 2.24) is 4.57 Å². The van der Waals surface area contributed by atoms with Crippen molar-refractivity contribution < 1.29 is 0 Å². The number of aromatic nitrogens is 1. The number of rotatable bonds is 6. The molecule has 1 aliphatic carbocycles. The lowest BCUT2D eigenvalue weighted by Crippen LogP contribution is -2.26. The first-order valence-corrected chi connectivity index (χ1v) is 20.4. The van der Waals surface area contributed by atoms with E-state index < -0.39 is 0 Å². The summed E-state index contributed by atoms with van der Waals surface area (Å²) in [6.45, 7) is 4.98. The third-order valence-corrected chi connectivity index (χ3v) is 13.1. The van der Waals surface area contributed by atoms with Crippen LogP contribution in [0.4, 0.5) is 17.1 Å². The van der Waals surface area contributed by atoms with Gasteiger partial charge in [-0.1, -0.05) is 136 Å². The van der Waals surface area contributed by atoms with Crippen LogP contribution >= 0.6 is 11.3 Å². The molecule has 0 spiro atoms. The summed E-state index contributed by atoms with van der Waals surface area (Å²) in [5.74, 6) is 0.707. The molecule has 3 heteroatoms. The summed E-state index contributed by atoms with van der Waals surface area (Å²) in [5, 5.41) is 5.22. The van der Waals surface area contributed by atoms with Crippen LogP contribution in [0.25, 0.3) is 58.8 Å². The molecule has 2 atom stereocenters. The standard InChI is InChI=1S/C51H44N2S/c1-35-15-11-12-30-51(2,34-35)45-23-6-9-26-48(45)52(40-28-29-44-43-22-5-10-27-49(43)54-50(44)33-40)38-18-13-16-36(31-38)37-17-14-19-39(32-37)53-46-24-7-3-20-41(46)42-21-4-8-25-47(42)53/h3-10,13-14,16-29,31-33,35H,11-12,15,30,34H2,1-2H3. The number of para-hydroxylation sites is 3. The second-order valence-corrected chi connectivity index (χ2v) is 16.8. The first-order chi connectivity index (χ1) is 26.5. The highest BCUT2D eigenvalue weighted by Crippen LogP contribution is 2.48. The van der Waals surface area contributed by atoms with Crippen LogP contribution < -0.4 is 4.90 Å². The lowest BCUT2D eigenvalue weighted by molar-refractivity contribution is 0.357. The van der Waals surface area contributed by atoms with Crippen molar-refractivity contribution in [3.63, 3.8) is 0 Å². The zero-order chi connectivity index (χ0) is 36.2. The molecule has 0 amide bonds. The number of thiophene rings is 1. The summed E-state index contributed by atoms with van der Waals surface area (Å²) in [6.07, 6.45) is 6.34. The minimum absolute atomic E-state index is 0.0979. The molecule has 2 unspecified atom stereocenters. The second-order valence-electron chi connectivity index (χ2n) is 15.7. The Morgan fingerprint density at radius 1 is 0.574 bits per heavy atom. The van der Waals surface area contributed by atoms with Gasteiger partial charge in [-0.2, -0.15) is 0 Å². The van der Waals surface area contributed by atoms with Crippen molar-refractivity contribution >= 4 is 70.4 Å². The highest BCUT2D eigenvalue weighted by molar-refractivity contribution is 7.25. The van der Waals surface area contributed by atoms with Gasteiger partial charge in [-0.05, 0) is 102 Å². The number of hydrogen-bond acceptors (Lipinski definition) is 2. The van der Waals surface area contributed by atoms with Crippen molar-refractivity contribution in [1.29, 1.82) is 0 Å². The molecule has 9 aromatic rings. The number of anilines is 3. The van der Waals surface area contributed by atoms with Crippen molar-refractivity contribution in [2.45, 2.75) is 51.4 Å². The number of nitrogens with zero attached hydrogens (tertiary/aromatic N) is 2. The van der Waals surface area contributed by atoms with E-state index >= 15 is 0 Å². The first-order valence-electron chi connectivity index (χ1n) is 19.5. The van der Waals surface area contributed by atoms with Gasteiger partial charge in [-0.25, -0.2) is 0 Å². The van der Waals surface area contributed by atoms with E-state index in [1.807, 2.05) is 11.3 Å². The average molecular weight is 717 g/mol. The van der Waals surface area contributed by atoms with Gasteiger partial charge in [0.15, 0.2) is 0 Å². The van der Waals surface area contributed by atoms with Gasteiger partial charge in [0.1, 0.15) is 0 Å². The van der Waals surface area contributed by atoms with Gasteiger partial charge in [0, 0.05) is 53.7 Å². The van der Waals surface area contributed by atoms with Crippen LogP contribution in [0, 0.1) is 5.92 Å². The fourth-order valence-corrected chi connectivity index (χ4v) is 10.7. The van der Waals surface area contributed by atoms with Crippen LogP contribution in [0.2, 0.25) is 0 Å². The average Bonchev–Trinajstić information content (AvgIpc) is 3.69. The Hall–Kier alpha value is -5.64. The lowest BCUT2D eigenvalue weighted by atomic mass is 9.73. The maximum Gasteiger partial charge on any atom is 0.0541 e. The maximum atomic E-state index is 2.54. The summed E-state index contributed by atoms with van der Waals surface area (Å²) < 4.78 is 5.07. The molecule has 54 heavy (non-hydrogen) atoms. The molecule has 1 aliphatic rings. The van der Waals surface area contributed by atoms with Crippen LogP contribution in [0.15, 0.2) is 164 Å². The third kappa shape index (κ3) is 5.61. The van der Waals surface area contributed by atoms with Crippen LogP contribution in [0.5, 0.6) is 0 Å². The fourth-order valence-electron chi connectivity index (χ4n) is 9.54. The monoisotopic (exact) mass is 716 g/mol. The Labute approximate surface area is 321 Å². The van der Waals surface area contributed by atoms with E-state index in [1.165, 1.54) is 114 Å². The predicted octanol–water partition coefficient (Wildman–Crippen LogP) is 15.1. The van der Waals surface area contributed by atoms with E-state index in [0.717, 1.165) is 0 Å². The summed E-state index contributed by atoms with van der Waals surface area (Å²) in [4.78, 5) is 2.54. The Kier molecular flexibility index (Phi) is 8.14. The molecule has 0 bridgehead atoms. The van der Waals surface area contributed by atoms with Gasteiger partial charge in [0.2, 0.25) is 0 Å². The zero-order valence-electron chi connectivity index (χ0n) is 31.0. The molecule has 0 aliphatic heterocycles. The van der Waals surface area contributed by atoms with E-state index in [1.54, 1.807) is 0 Å². The molecule has 0 N–H and O–H groups in total. The quantitative estimate of drug-likeness (QED) is 0.156. The Morgan fingerprint density at radius 2 is 1.22 bits per heavy atom. The van der Waals surface area contributed by atoms with Gasteiger partial charge < -0.3 is 9.47 Å². The molecule has 264 valence electrons. The van der Waals surface area contributed by atoms with Crippen molar-refractivity contribution in [2.75, 3.05) is 4.90 Å². The fraction of sp³-hybridized carbons (Fsp3) is 0.176. The third-order valence-electron chi connectivity index (χ3n) is 12.0. The summed E-state index contributed by atoms with van der Waals surface area (Å²) in [7, 11) is 0. The van der Waals surface area contributed by atoms with Gasteiger partial charge in [-0.3, -0.25) is 0 Å². The lowest BCUT2D eigenvalue weighted by Gasteiger charge is -2.36. The summed E-state index contributed by atoms with van der Waals surface area (Å²) in [6, 6.07) is 60.9. The van der Waals surface area contributed by atoms with Crippen molar-refractivity contribution in [3.05, 3.63) is 169 Å². The van der Waals surface area contributed by atoms with E-state index in [2.05, 4.69) is 187 Å². The van der Waals surface area contributed by atoms with Crippen molar-refractivity contribution in [2.24, 2.45) is 5.92 Å². The topological polar surface area (TPSA) is 8.17 Å². The molecule has 1 saturated carbocycles. The molecule has 7 aromatic carbocycles. The largest absolute Gasteiger partial charge is 0.310 e. The maximum absolute atomic E-state index is 2.54. The molecule has 2 heterocycles. The molecule has 10 rings (SSSR count). The van der Waals surface area contributed by atoms with Crippen LogP contribution in [0.1, 0.15) is 51.5 Å². The summed E-state index contributed by atoms with van der Waals surface area (Å²) >= 11 is 1.89. The minimum atomic E-state index is 0.0979. The molecule has 2 aromatic heterocycles. The first kappa shape index (κ1) is 33.0. The molecule has 1 fully saturated rings. The van der Waals surface area contributed by atoms with Gasteiger partial charge in [-0.15, -0.1) is 11.3 Å². The Morgan fingerprint density at radius 3 is 2.04 bits per heavy atom. The molecule has 2 nitrogen and oxygen atoms in total. The SMILES string of the molecule is CC1CCCCC(C)(c2ccccc2N(c2cccc(-c3cccc(-n4c5ccccc5c5ccccc54)c3)c2)c2ccc3c(c2)sc2ccccc23)C1. The highest BCUT2D eigenvalue weighted by atomic mass is 32.1. The second kappa shape index (κ2) is 13.3. The molecular weight excluding hydrogens is 673 g/mol. The smallest absolute Gasteiger partial charge is 0.0541 e. The van der Waals surface area contributed by atoms with E-state index in [9.17, 15) is 0 Å². The Bertz CT molecular complexity index is 2770. The van der Waals surface area contributed by atoms with Gasteiger partial charge >= 0.3 is 0 Å². The van der Waals surface area contributed by atoms with E-state index in [4.69, 9.17) is 0 Å². The normalized spacial score (nSPS) is 17.7. The number of fused-ring (bicyclic) bond motifs is 6. The minimum Gasteiger partial charge on any atom is -0.310 e.